The molecule has 128 valence electrons. The fourth-order valence-corrected chi connectivity index (χ4v) is 4.60. The maximum absolute atomic E-state index is 13.6. The lowest BCUT2D eigenvalue weighted by Gasteiger charge is -2.24. The van der Waals surface area contributed by atoms with Gasteiger partial charge in [-0.05, 0) is 45.2 Å². The van der Waals surface area contributed by atoms with Crippen LogP contribution in [-0.2, 0) is 21.1 Å². The molecule has 0 radical (unpaired) electrons. The van der Waals surface area contributed by atoms with E-state index in [1.165, 1.54) is 6.07 Å². The third-order valence-electron chi connectivity index (χ3n) is 4.36. The van der Waals surface area contributed by atoms with Crippen LogP contribution in [0.4, 0.5) is 4.39 Å². The van der Waals surface area contributed by atoms with Gasteiger partial charge >= 0.3 is 0 Å². The maximum atomic E-state index is 13.6. The van der Waals surface area contributed by atoms with Crippen LogP contribution in [0.1, 0.15) is 39.2 Å². The molecule has 1 amide bonds. The van der Waals surface area contributed by atoms with Crippen molar-refractivity contribution in [1.82, 2.24) is 4.90 Å². The van der Waals surface area contributed by atoms with Gasteiger partial charge in [-0.2, -0.15) is 0 Å². The van der Waals surface area contributed by atoms with E-state index >= 15 is 0 Å². The van der Waals surface area contributed by atoms with E-state index in [4.69, 9.17) is 0 Å². The molecule has 0 aliphatic carbocycles. The minimum Gasteiger partial charge on any atom is -0.341 e. The number of benzene rings is 1. The summed E-state index contributed by atoms with van der Waals surface area (Å²) >= 11 is 0. The van der Waals surface area contributed by atoms with E-state index in [1.807, 2.05) is 0 Å². The van der Waals surface area contributed by atoms with Crippen molar-refractivity contribution in [1.29, 1.82) is 0 Å². The molecule has 1 aliphatic heterocycles. The first-order valence-electron chi connectivity index (χ1n) is 7.87. The van der Waals surface area contributed by atoms with Crippen molar-refractivity contribution in [3.05, 3.63) is 35.6 Å². The number of hydrogen-bond acceptors (Lipinski definition) is 3. The number of nitrogens with zero attached hydrogens (tertiary/aromatic N) is 1. The molecule has 0 unspecified atom stereocenters. The van der Waals surface area contributed by atoms with E-state index in [9.17, 15) is 17.6 Å². The average Bonchev–Trinajstić information content (AvgIpc) is 2.95. The van der Waals surface area contributed by atoms with Gasteiger partial charge in [-0.25, -0.2) is 12.8 Å². The van der Waals surface area contributed by atoms with E-state index in [-0.39, 0.29) is 24.7 Å². The van der Waals surface area contributed by atoms with Crippen LogP contribution in [0.15, 0.2) is 24.3 Å². The van der Waals surface area contributed by atoms with Crippen molar-refractivity contribution < 1.29 is 17.6 Å². The molecular formula is C17H24FNO3S. The summed E-state index contributed by atoms with van der Waals surface area (Å²) in [7, 11) is -3.27. The minimum atomic E-state index is -3.27. The Kier molecular flexibility index (Phi) is 5.14. The van der Waals surface area contributed by atoms with Crippen LogP contribution < -0.4 is 0 Å². The van der Waals surface area contributed by atoms with E-state index in [0.29, 0.717) is 24.9 Å². The molecule has 6 heteroatoms. The van der Waals surface area contributed by atoms with E-state index < -0.39 is 19.8 Å². The lowest BCUT2D eigenvalue weighted by molar-refractivity contribution is -0.130. The highest BCUT2D eigenvalue weighted by Gasteiger charge is 2.41. The molecule has 0 saturated carbocycles. The Bertz CT molecular complexity index is 679. The molecule has 23 heavy (non-hydrogen) atoms. The largest absolute Gasteiger partial charge is 0.341 e. The third kappa shape index (κ3) is 3.91. The Hall–Kier alpha value is -1.43. The summed E-state index contributed by atoms with van der Waals surface area (Å²) < 4.78 is 37.7. The van der Waals surface area contributed by atoms with Gasteiger partial charge < -0.3 is 4.90 Å². The van der Waals surface area contributed by atoms with Crippen molar-refractivity contribution in [2.75, 3.05) is 13.1 Å². The van der Waals surface area contributed by atoms with E-state index in [0.717, 1.165) is 0 Å². The van der Waals surface area contributed by atoms with Crippen molar-refractivity contribution >= 4 is 15.7 Å². The van der Waals surface area contributed by atoms with Crippen molar-refractivity contribution in [2.45, 2.75) is 50.0 Å². The lowest BCUT2D eigenvalue weighted by atomic mass is 10.1. The van der Waals surface area contributed by atoms with Crippen LogP contribution in [0.25, 0.3) is 0 Å². The molecule has 1 aliphatic rings. The lowest BCUT2D eigenvalue weighted by Crippen LogP contribution is -2.39. The number of rotatable bonds is 4. The molecule has 1 aromatic carbocycles. The topological polar surface area (TPSA) is 54.5 Å². The van der Waals surface area contributed by atoms with E-state index in [1.54, 1.807) is 43.9 Å². The number of amides is 1. The Morgan fingerprint density at radius 3 is 2.57 bits per heavy atom. The predicted molar refractivity (Wildman–Crippen MR) is 88.4 cm³/mol. The highest BCUT2D eigenvalue weighted by Crippen LogP contribution is 2.27. The fourth-order valence-electron chi connectivity index (χ4n) is 2.81. The van der Waals surface area contributed by atoms with Crippen LogP contribution in [0.5, 0.6) is 0 Å². The molecule has 2 rings (SSSR count). The molecular weight excluding hydrogens is 317 g/mol. The molecule has 0 bridgehead atoms. The fraction of sp³-hybridized carbons (Fsp3) is 0.588. The zero-order chi connectivity index (χ0) is 17.3. The third-order valence-corrected chi connectivity index (χ3v) is 7.33. The molecule has 4 nitrogen and oxygen atoms in total. The number of likely N-dealkylation sites (tertiary alicyclic amines) is 1. The molecule has 0 spiro atoms. The number of sulfone groups is 1. The van der Waals surface area contributed by atoms with Crippen molar-refractivity contribution in [2.24, 2.45) is 0 Å². The van der Waals surface area contributed by atoms with Crippen LogP contribution >= 0.6 is 0 Å². The van der Waals surface area contributed by atoms with Crippen LogP contribution in [0.2, 0.25) is 0 Å². The number of halogens is 1. The Morgan fingerprint density at radius 2 is 1.96 bits per heavy atom. The van der Waals surface area contributed by atoms with Crippen molar-refractivity contribution in [3.63, 3.8) is 0 Å². The van der Waals surface area contributed by atoms with Crippen LogP contribution in [0.3, 0.4) is 0 Å². The first-order valence-corrected chi connectivity index (χ1v) is 9.42. The predicted octanol–water partition coefficient (Wildman–Crippen LogP) is 2.57. The number of aryl methyl sites for hydroxylation is 1. The summed E-state index contributed by atoms with van der Waals surface area (Å²) in [6, 6.07) is 6.40. The zero-order valence-electron chi connectivity index (χ0n) is 13.9. The minimum absolute atomic E-state index is 0.111. The number of hydrogen-bond donors (Lipinski definition) is 0. The Balaban J connectivity index is 1.94. The van der Waals surface area contributed by atoms with Gasteiger partial charge in [0.1, 0.15) is 5.82 Å². The first kappa shape index (κ1) is 17.9. The summed E-state index contributed by atoms with van der Waals surface area (Å²) in [5.41, 5.74) is 0.513. The summed E-state index contributed by atoms with van der Waals surface area (Å²) in [5.74, 6) is -0.422. The quantitative estimate of drug-likeness (QED) is 0.846. The monoisotopic (exact) mass is 341 g/mol. The molecule has 0 aromatic heterocycles. The highest BCUT2D eigenvalue weighted by molar-refractivity contribution is 7.93. The van der Waals surface area contributed by atoms with Crippen LogP contribution in [-0.4, -0.2) is 42.3 Å². The second-order valence-corrected chi connectivity index (χ2v) is 9.98. The average molecular weight is 341 g/mol. The highest BCUT2D eigenvalue weighted by atomic mass is 32.2. The van der Waals surface area contributed by atoms with Gasteiger partial charge in [-0.3, -0.25) is 4.79 Å². The van der Waals surface area contributed by atoms with Gasteiger partial charge in [0.15, 0.2) is 9.84 Å². The summed E-state index contributed by atoms with van der Waals surface area (Å²) in [6.07, 6.45) is 1.01. The van der Waals surface area contributed by atoms with E-state index in [2.05, 4.69) is 0 Å². The van der Waals surface area contributed by atoms with Crippen molar-refractivity contribution in [3.8, 4) is 0 Å². The molecule has 1 fully saturated rings. The number of carbonyl (C=O) groups is 1. The second kappa shape index (κ2) is 6.59. The zero-order valence-corrected chi connectivity index (χ0v) is 14.7. The van der Waals surface area contributed by atoms with Gasteiger partial charge in [0.05, 0.1) is 10.00 Å². The van der Waals surface area contributed by atoms with Gasteiger partial charge in [0.2, 0.25) is 5.91 Å². The molecule has 0 N–H and O–H groups in total. The normalized spacial score (nSPS) is 19.1. The smallest absolute Gasteiger partial charge is 0.222 e. The Morgan fingerprint density at radius 1 is 1.30 bits per heavy atom. The first-order chi connectivity index (χ1) is 10.6. The second-order valence-electron chi connectivity index (χ2n) is 7.00. The van der Waals surface area contributed by atoms with Gasteiger partial charge in [-0.15, -0.1) is 0 Å². The Labute approximate surface area is 137 Å². The summed E-state index contributed by atoms with van der Waals surface area (Å²) in [6.45, 7) is 5.76. The van der Waals surface area contributed by atoms with Crippen LogP contribution in [0, 0.1) is 5.82 Å². The molecule has 1 atom stereocenters. The standard InChI is InChI=1S/C17H24FNO3S/c1-17(2,3)23(21,22)14-10-11-19(12-14)16(20)9-8-13-6-4-5-7-15(13)18/h4-7,14H,8-12H2,1-3H3/t14-/m0/s1. The number of carbonyl (C=O) groups excluding carboxylic acids is 1. The summed E-state index contributed by atoms with van der Waals surface area (Å²) in [4.78, 5) is 13.9. The molecule has 1 aromatic rings. The van der Waals surface area contributed by atoms with Gasteiger partial charge in [0, 0.05) is 19.5 Å². The molecule has 1 heterocycles. The molecule has 1 saturated heterocycles. The SMILES string of the molecule is CC(C)(C)S(=O)(=O)[C@H]1CCN(C(=O)CCc2ccccc2F)C1. The summed E-state index contributed by atoms with van der Waals surface area (Å²) in [5, 5.41) is -0.500. The maximum Gasteiger partial charge on any atom is 0.222 e. The van der Waals surface area contributed by atoms with Gasteiger partial charge in [0.25, 0.3) is 0 Å². The van der Waals surface area contributed by atoms with Gasteiger partial charge in [-0.1, -0.05) is 18.2 Å².